The summed E-state index contributed by atoms with van der Waals surface area (Å²) in [6, 6.07) is 25.2. The molecule has 0 saturated carbocycles. The van der Waals surface area contributed by atoms with Gasteiger partial charge in [0, 0.05) is 30.1 Å². The first-order valence-corrected chi connectivity index (χ1v) is 8.75. The highest BCUT2D eigenvalue weighted by Crippen LogP contribution is 2.32. The summed E-state index contributed by atoms with van der Waals surface area (Å²) in [5, 5.41) is 10.6. The zero-order valence-corrected chi connectivity index (χ0v) is 14.9. The van der Waals surface area contributed by atoms with Crippen molar-refractivity contribution in [2.75, 3.05) is 0 Å². The van der Waals surface area contributed by atoms with Crippen LogP contribution >= 0.6 is 0 Å². The van der Waals surface area contributed by atoms with Gasteiger partial charge in [0.25, 0.3) is 0 Å². The van der Waals surface area contributed by atoms with Crippen molar-refractivity contribution in [1.29, 1.82) is 0 Å². The predicted octanol–water partition coefficient (Wildman–Crippen LogP) is 4.99. The lowest BCUT2D eigenvalue weighted by Gasteiger charge is -2.12. The maximum absolute atomic E-state index is 11.3. The van der Waals surface area contributed by atoms with Crippen LogP contribution in [0.15, 0.2) is 78.9 Å². The number of aromatic hydroxyl groups is 1. The van der Waals surface area contributed by atoms with Crippen LogP contribution in [0.3, 0.4) is 0 Å². The molecule has 0 saturated heterocycles. The molecule has 4 aromatic rings. The summed E-state index contributed by atoms with van der Waals surface area (Å²) in [5.74, 6) is 0.433. The third-order valence-corrected chi connectivity index (χ3v) is 4.48. The minimum absolute atomic E-state index is 0.238. The summed E-state index contributed by atoms with van der Waals surface area (Å²) in [5.41, 5.74) is 4.29. The van der Waals surface area contributed by atoms with E-state index in [1.165, 1.54) is 12.5 Å². The zero-order chi connectivity index (χ0) is 18.8. The molecule has 0 aliphatic carbocycles. The third-order valence-electron chi connectivity index (χ3n) is 4.48. The van der Waals surface area contributed by atoms with Gasteiger partial charge in [-0.25, -0.2) is 0 Å². The molecule has 134 valence electrons. The molecule has 0 atom stereocenters. The molecule has 0 spiro atoms. The van der Waals surface area contributed by atoms with Crippen LogP contribution in [0.25, 0.3) is 22.2 Å². The molecule has 0 fully saturated rings. The maximum atomic E-state index is 11.3. The van der Waals surface area contributed by atoms with Gasteiger partial charge in [-0.3, -0.25) is 4.79 Å². The molecule has 3 aromatic carbocycles. The molecular weight excluding hydrogens is 338 g/mol. The molecule has 0 aliphatic heterocycles. The number of esters is 1. The van der Waals surface area contributed by atoms with Crippen molar-refractivity contribution in [3.63, 3.8) is 0 Å². The molecule has 1 heterocycles. The molecule has 0 radical (unpaired) electrons. The van der Waals surface area contributed by atoms with E-state index in [-0.39, 0.29) is 11.7 Å². The number of hydrogen-bond acceptors (Lipinski definition) is 3. The SMILES string of the molecule is CC(=O)Oc1ccc2c(c1)cc(-c1ccc(O)cc1)n2Cc1ccccc1. The molecule has 4 rings (SSSR count). The van der Waals surface area contributed by atoms with E-state index in [0.29, 0.717) is 12.3 Å². The highest BCUT2D eigenvalue weighted by Gasteiger charge is 2.13. The van der Waals surface area contributed by atoms with E-state index in [1.54, 1.807) is 12.1 Å². The molecule has 0 unspecified atom stereocenters. The second-order valence-corrected chi connectivity index (χ2v) is 6.46. The van der Waals surface area contributed by atoms with E-state index in [9.17, 15) is 9.90 Å². The van der Waals surface area contributed by atoms with Crippen LogP contribution < -0.4 is 4.74 Å². The van der Waals surface area contributed by atoms with Gasteiger partial charge < -0.3 is 14.4 Å². The number of hydrogen-bond donors (Lipinski definition) is 1. The van der Waals surface area contributed by atoms with Crippen molar-refractivity contribution in [3.05, 3.63) is 84.4 Å². The van der Waals surface area contributed by atoms with Gasteiger partial charge in [0.2, 0.25) is 0 Å². The number of carbonyl (C=O) groups is 1. The number of rotatable bonds is 4. The van der Waals surface area contributed by atoms with Crippen molar-refractivity contribution in [1.82, 2.24) is 4.57 Å². The smallest absolute Gasteiger partial charge is 0.308 e. The summed E-state index contributed by atoms with van der Waals surface area (Å²) in [7, 11) is 0. The van der Waals surface area contributed by atoms with Crippen LogP contribution in [0, 0.1) is 0 Å². The van der Waals surface area contributed by atoms with Gasteiger partial charge in [-0.1, -0.05) is 30.3 Å². The predicted molar refractivity (Wildman–Crippen MR) is 106 cm³/mol. The van der Waals surface area contributed by atoms with E-state index in [4.69, 9.17) is 4.74 Å². The Hall–Kier alpha value is -3.53. The summed E-state index contributed by atoms with van der Waals surface area (Å²) < 4.78 is 7.46. The van der Waals surface area contributed by atoms with Gasteiger partial charge in [0.15, 0.2) is 0 Å². The zero-order valence-electron chi connectivity index (χ0n) is 14.9. The molecule has 0 aliphatic rings. The average molecular weight is 357 g/mol. The lowest BCUT2D eigenvalue weighted by atomic mass is 10.1. The summed E-state index contributed by atoms with van der Waals surface area (Å²) in [4.78, 5) is 11.3. The van der Waals surface area contributed by atoms with E-state index in [2.05, 4.69) is 22.8 Å². The monoisotopic (exact) mass is 357 g/mol. The highest BCUT2D eigenvalue weighted by molar-refractivity contribution is 5.89. The van der Waals surface area contributed by atoms with Crippen LogP contribution in [0.5, 0.6) is 11.5 Å². The number of aromatic nitrogens is 1. The lowest BCUT2D eigenvalue weighted by Crippen LogP contribution is -2.02. The van der Waals surface area contributed by atoms with Gasteiger partial charge in [0.1, 0.15) is 11.5 Å². The van der Waals surface area contributed by atoms with Crippen LogP contribution in [-0.2, 0) is 11.3 Å². The Morgan fingerprint density at radius 2 is 1.70 bits per heavy atom. The molecule has 4 nitrogen and oxygen atoms in total. The molecule has 0 bridgehead atoms. The number of phenolic OH excluding ortho intramolecular Hbond substituents is 1. The van der Waals surface area contributed by atoms with Crippen LogP contribution in [0.2, 0.25) is 0 Å². The van der Waals surface area contributed by atoms with E-state index >= 15 is 0 Å². The Balaban J connectivity index is 1.86. The standard InChI is InChI=1S/C23H19NO3/c1-16(25)27-21-11-12-22-19(13-21)14-23(18-7-9-20(26)10-8-18)24(22)15-17-5-3-2-4-6-17/h2-14,26H,15H2,1H3. The largest absolute Gasteiger partial charge is 0.508 e. The first-order valence-electron chi connectivity index (χ1n) is 8.75. The Labute approximate surface area is 157 Å². The normalized spacial score (nSPS) is 10.9. The number of carbonyl (C=O) groups excluding carboxylic acids is 1. The lowest BCUT2D eigenvalue weighted by molar-refractivity contribution is -0.131. The number of fused-ring (bicyclic) bond motifs is 1. The van der Waals surface area contributed by atoms with Gasteiger partial charge in [-0.15, -0.1) is 0 Å². The van der Waals surface area contributed by atoms with Crippen molar-refractivity contribution < 1.29 is 14.6 Å². The quantitative estimate of drug-likeness (QED) is 0.414. The fourth-order valence-corrected chi connectivity index (χ4v) is 3.29. The Bertz CT molecular complexity index is 1100. The minimum atomic E-state index is -0.336. The van der Waals surface area contributed by atoms with Crippen molar-refractivity contribution >= 4 is 16.9 Å². The Kier molecular flexibility index (Phi) is 4.38. The molecule has 1 N–H and O–H groups in total. The van der Waals surface area contributed by atoms with Crippen LogP contribution in [0.1, 0.15) is 12.5 Å². The summed E-state index contributed by atoms with van der Waals surface area (Å²) in [6.45, 7) is 2.11. The van der Waals surface area contributed by atoms with Gasteiger partial charge in [-0.05, 0) is 59.7 Å². The Morgan fingerprint density at radius 1 is 0.963 bits per heavy atom. The first kappa shape index (κ1) is 16.9. The number of ether oxygens (including phenoxy) is 1. The fourth-order valence-electron chi connectivity index (χ4n) is 3.29. The number of nitrogens with zero attached hydrogens (tertiary/aromatic N) is 1. The van der Waals surface area contributed by atoms with E-state index in [0.717, 1.165) is 22.2 Å². The van der Waals surface area contributed by atoms with Gasteiger partial charge in [-0.2, -0.15) is 0 Å². The molecule has 27 heavy (non-hydrogen) atoms. The second-order valence-electron chi connectivity index (χ2n) is 6.46. The van der Waals surface area contributed by atoms with Crippen molar-refractivity contribution in [3.8, 4) is 22.8 Å². The van der Waals surface area contributed by atoms with E-state index in [1.807, 2.05) is 48.5 Å². The fraction of sp³-hybridized carbons (Fsp3) is 0.0870. The van der Waals surface area contributed by atoms with Gasteiger partial charge >= 0.3 is 5.97 Å². The minimum Gasteiger partial charge on any atom is -0.508 e. The summed E-state index contributed by atoms with van der Waals surface area (Å²) >= 11 is 0. The first-order chi connectivity index (χ1) is 13.1. The van der Waals surface area contributed by atoms with E-state index < -0.39 is 0 Å². The molecule has 1 aromatic heterocycles. The number of benzene rings is 3. The summed E-state index contributed by atoms with van der Waals surface area (Å²) in [6.07, 6.45) is 0. The van der Waals surface area contributed by atoms with Crippen molar-refractivity contribution in [2.24, 2.45) is 0 Å². The van der Waals surface area contributed by atoms with Crippen molar-refractivity contribution in [2.45, 2.75) is 13.5 Å². The molecular formula is C23H19NO3. The third kappa shape index (κ3) is 3.55. The molecule has 0 amide bonds. The number of phenols is 1. The Morgan fingerprint density at radius 3 is 2.41 bits per heavy atom. The second kappa shape index (κ2) is 7.00. The average Bonchev–Trinajstić information content (AvgIpc) is 3.00. The van der Waals surface area contributed by atoms with Crippen LogP contribution in [0.4, 0.5) is 0 Å². The van der Waals surface area contributed by atoms with Gasteiger partial charge in [0.05, 0.1) is 0 Å². The molecule has 4 heteroatoms. The topological polar surface area (TPSA) is 51.5 Å². The van der Waals surface area contributed by atoms with Crippen LogP contribution in [-0.4, -0.2) is 15.6 Å². The highest BCUT2D eigenvalue weighted by atomic mass is 16.5. The maximum Gasteiger partial charge on any atom is 0.308 e.